The van der Waals surface area contributed by atoms with Crippen molar-refractivity contribution in [2.24, 2.45) is 0 Å². The highest BCUT2D eigenvalue weighted by Crippen LogP contribution is 2.19. The van der Waals surface area contributed by atoms with Crippen LogP contribution in [0.3, 0.4) is 0 Å². The average molecular weight is 248 g/mol. The van der Waals surface area contributed by atoms with Crippen molar-refractivity contribution in [3.8, 4) is 0 Å². The third kappa shape index (κ3) is 4.70. The summed E-state index contributed by atoms with van der Waals surface area (Å²) in [5.74, 6) is 0.560. The summed E-state index contributed by atoms with van der Waals surface area (Å²) < 4.78 is 4.98. The van der Waals surface area contributed by atoms with Gasteiger partial charge in [0.05, 0.1) is 0 Å². The minimum Gasteiger partial charge on any atom is -0.426 e. The first kappa shape index (κ1) is 16.4. The first-order chi connectivity index (χ1) is 8.41. The molecule has 1 rings (SSSR count). The predicted molar refractivity (Wildman–Crippen MR) is 77.9 cm³/mol. The predicted octanol–water partition coefficient (Wildman–Crippen LogP) is 4.48. The molecule has 1 aromatic carbocycles. The zero-order valence-corrected chi connectivity index (χ0v) is 12.2. The fourth-order valence-electron chi connectivity index (χ4n) is 1.51. The number of nitrogens with one attached hydrogen (secondary N) is 2. The Hall–Kier alpha value is -1.64. The van der Waals surface area contributed by atoms with E-state index in [4.69, 9.17) is 15.6 Å². The van der Waals surface area contributed by atoms with E-state index < -0.39 is 0 Å². The van der Waals surface area contributed by atoms with Crippen LogP contribution in [0.1, 0.15) is 57.2 Å². The molecule has 0 heterocycles. The van der Waals surface area contributed by atoms with Crippen LogP contribution < -0.4 is 0 Å². The number of aryl methyl sites for hydroxylation is 1. The third-order valence-corrected chi connectivity index (χ3v) is 2.42. The highest BCUT2D eigenvalue weighted by molar-refractivity contribution is 5.99. The van der Waals surface area contributed by atoms with Crippen LogP contribution in [0.5, 0.6) is 0 Å². The second-order valence-corrected chi connectivity index (χ2v) is 4.22. The van der Waals surface area contributed by atoms with Crippen molar-refractivity contribution in [2.75, 3.05) is 0 Å². The lowest BCUT2D eigenvalue weighted by molar-refractivity contribution is 0.531. The molecule has 0 bridgehead atoms. The van der Waals surface area contributed by atoms with Gasteiger partial charge in [-0.3, -0.25) is 10.8 Å². The Morgan fingerprint density at radius 3 is 2.11 bits per heavy atom. The lowest BCUT2D eigenvalue weighted by Gasteiger charge is -2.11. The van der Waals surface area contributed by atoms with Crippen molar-refractivity contribution in [1.82, 2.24) is 0 Å². The van der Waals surface area contributed by atoms with Gasteiger partial charge in [0, 0.05) is 12.5 Å². The Balaban J connectivity index is 0.00000137. The van der Waals surface area contributed by atoms with Gasteiger partial charge in [-0.2, -0.15) is 0 Å². The summed E-state index contributed by atoms with van der Waals surface area (Å²) in [6, 6.07) is 5.96. The highest BCUT2D eigenvalue weighted by Gasteiger charge is 2.09. The van der Waals surface area contributed by atoms with Gasteiger partial charge in [0.1, 0.15) is 0 Å². The lowest BCUT2D eigenvalue weighted by atomic mass is 9.98. The van der Waals surface area contributed by atoms with Crippen LogP contribution in [0.15, 0.2) is 18.2 Å². The van der Waals surface area contributed by atoms with Gasteiger partial charge in [0.2, 0.25) is 5.90 Å². The molecule has 0 saturated heterocycles. The van der Waals surface area contributed by atoms with Crippen molar-refractivity contribution >= 4 is 11.8 Å². The van der Waals surface area contributed by atoms with Gasteiger partial charge in [-0.1, -0.05) is 39.8 Å². The molecule has 0 spiro atoms. The largest absolute Gasteiger partial charge is 0.426 e. The van der Waals surface area contributed by atoms with Crippen LogP contribution in [-0.2, 0) is 4.74 Å². The Morgan fingerprint density at radius 2 is 1.72 bits per heavy atom. The number of benzene rings is 1. The van der Waals surface area contributed by atoms with E-state index in [2.05, 4.69) is 19.9 Å². The quantitative estimate of drug-likeness (QED) is 0.588. The zero-order chi connectivity index (χ0) is 14.3. The molecule has 18 heavy (non-hydrogen) atoms. The molecule has 0 aromatic heterocycles. The van der Waals surface area contributed by atoms with E-state index in [9.17, 15) is 0 Å². The molecular weight excluding hydrogens is 224 g/mol. The third-order valence-electron chi connectivity index (χ3n) is 2.42. The maximum Gasteiger partial charge on any atom is 0.221 e. The molecule has 0 unspecified atom stereocenters. The van der Waals surface area contributed by atoms with Crippen LogP contribution in [0.2, 0.25) is 0 Å². The Bertz CT molecular complexity index is 423. The summed E-state index contributed by atoms with van der Waals surface area (Å²) in [5, 5.41) is 14.9. The molecule has 0 amide bonds. The monoisotopic (exact) mass is 248 g/mol. The molecule has 0 atom stereocenters. The van der Waals surface area contributed by atoms with Crippen LogP contribution >= 0.6 is 0 Å². The van der Waals surface area contributed by atoms with E-state index in [1.54, 1.807) is 0 Å². The van der Waals surface area contributed by atoms with E-state index in [0.717, 1.165) is 11.1 Å². The van der Waals surface area contributed by atoms with Gasteiger partial charge in [-0.05, 0) is 30.0 Å². The van der Waals surface area contributed by atoms with Crippen molar-refractivity contribution in [2.45, 2.75) is 47.5 Å². The Morgan fingerprint density at radius 1 is 1.17 bits per heavy atom. The number of hydrogen-bond donors (Lipinski definition) is 2. The Labute approximate surface area is 110 Å². The molecule has 3 nitrogen and oxygen atoms in total. The fraction of sp³-hybridized carbons (Fsp3) is 0.467. The number of hydrogen-bond acceptors (Lipinski definition) is 3. The minimum atomic E-state index is 0.0392. The molecule has 0 aliphatic rings. The summed E-state index contributed by atoms with van der Waals surface area (Å²) in [7, 11) is 0. The van der Waals surface area contributed by atoms with Gasteiger partial charge in [0.25, 0.3) is 0 Å². The molecule has 100 valence electrons. The first-order valence-electron chi connectivity index (χ1n) is 6.34. The zero-order valence-electron chi connectivity index (χ0n) is 12.2. The van der Waals surface area contributed by atoms with Gasteiger partial charge in [0.15, 0.2) is 5.90 Å². The molecule has 3 heteroatoms. The van der Waals surface area contributed by atoms with Crippen LogP contribution in [-0.4, -0.2) is 11.8 Å². The second-order valence-electron chi connectivity index (χ2n) is 4.22. The SMILES string of the molecule is CC.CC(=N)OC(=N)c1ccc(C(C)C)cc1C. The van der Waals surface area contributed by atoms with Gasteiger partial charge in [-0.25, -0.2) is 0 Å². The van der Waals surface area contributed by atoms with Gasteiger partial charge < -0.3 is 4.74 Å². The molecule has 0 radical (unpaired) electrons. The highest BCUT2D eigenvalue weighted by atomic mass is 16.5. The molecule has 0 fully saturated rings. The number of rotatable bonds is 2. The average Bonchev–Trinajstić information content (AvgIpc) is 2.30. The maximum absolute atomic E-state index is 7.72. The van der Waals surface area contributed by atoms with Gasteiger partial charge >= 0.3 is 0 Å². The first-order valence-corrected chi connectivity index (χ1v) is 6.34. The Kier molecular flexibility index (Phi) is 6.94. The van der Waals surface area contributed by atoms with Crippen molar-refractivity contribution in [3.63, 3.8) is 0 Å². The summed E-state index contributed by atoms with van der Waals surface area (Å²) in [6.07, 6.45) is 0. The van der Waals surface area contributed by atoms with E-state index in [0.29, 0.717) is 5.92 Å². The minimum absolute atomic E-state index is 0.0392. The van der Waals surface area contributed by atoms with Gasteiger partial charge in [-0.15, -0.1) is 0 Å². The van der Waals surface area contributed by atoms with E-state index in [-0.39, 0.29) is 11.8 Å². The van der Waals surface area contributed by atoms with Crippen LogP contribution in [0, 0.1) is 17.7 Å². The smallest absolute Gasteiger partial charge is 0.221 e. The standard InChI is InChI=1S/C13H18N2O.C2H6/c1-8(2)11-5-6-12(9(3)7-11)13(15)16-10(4)14;1-2/h5-8,14-15H,1-4H3;1-2H3. The van der Waals surface area contributed by atoms with Crippen molar-refractivity contribution in [1.29, 1.82) is 10.8 Å². The summed E-state index contributed by atoms with van der Waals surface area (Å²) >= 11 is 0. The molecule has 1 aromatic rings. The summed E-state index contributed by atoms with van der Waals surface area (Å²) in [4.78, 5) is 0. The lowest BCUT2D eigenvalue weighted by Crippen LogP contribution is -2.10. The molecule has 0 aliphatic carbocycles. The van der Waals surface area contributed by atoms with Crippen molar-refractivity contribution in [3.05, 3.63) is 34.9 Å². The molecule has 0 saturated carbocycles. The topological polar surface area (TPSA) is 56.9 Å². The van der Waals surface area contributed by atoms with E-state index in [1.807, 2.05) is 32.9 Å². The molecule has 0 aliphatic heterocycles. The van der Waals surface area contributed by atoms with Crippen LogP contribution in [0.25, 0.3) is 0 Å². The second kappa shape index (κ2) is 7.64. The normalized spacial score (nSPS) is 9.50. The molecule has 2 N–H and O–H groups in total. The van der Waals surface area contributed by atoms with E-state index >= 15 is 0 Å². The summed E-state index contributed by atoms with van der Waals surface area (Å²) in [6.45, 7) is 11.8. The van der Waals surface area contributed by atoms with Crippen LogP contribution in [0.4, 0.5) is 0 Å². The van der Waals surface area contributed by atoms with Crippen molar-refractivity contribution < 1.29 is 4.74 Å². The van der Waals surface area contributed by atoms with E-state index in [1.165, 1.54) is 12.5 Å². The summed E-state index contributed by atoms with van der Waals surface area (Å²) in [5.41, 5.74) is 3.01. The maximum atomic E-state index is 7.72. The molecular formula is C15H24N2O. The fourth-order valence-corrected chi connectivity index (χ4v) is 1.51. The number of ether oxygens (including phenoxy) is 1.